The number of phosphoric ester groups is 1. The van der Waals surface area contributed by atoms with Crippen LogP contribution in [0.4, 0.5) is 20.2 Å². The average Bonchev–Trinajstić information content (AvgIpc) is 3.60. The van der Waals surface area contributed by atoms with Gasteiger partial charge in [-0.2, -0.15) is 10.4 Å². The highest BCUT2D eigenvalue weighted by Gasteiger charge is 2.65. The highest BCUT2D eigenvalue weighted by molar-refractivity contribution is 7.48. The van der Waals surface area contributed by atoms with Gasteiger partial charge in [-0.25, -0.2) is 37.5 Å². The standard InChI is InChI=1S/C23H28N5O14P/c1-12(2)38-20(29)33-10-36-43(32,37-11-34-21(30)39-13(3)4)35-7-15-17-18(41-22(31)40-17)23(8-24,42-15)16-6-5-14-19(25)26-9-27-28(14)16/h5-6,9,12-13,15,17-18H,7,10-11H2,1-4H3,(H2,25,26,27)/t15-,17-,18-,23+/m1/s1. The third-order valence-corrected chi connectivity index (χ3v) is 7.03. The monoisotopic (exact) mass is 629 g/mol. The van der Waals surface area contributed by atoms with E-state index < -0.39 is 82.6 Å². The van der Waals surface area contributed by atoms with Gasteiger partial charge < -0.3 is 38.9 Å². The largest absolute Gasteiger partial charge is 0.510 e. The van der Waals surface area contributed by atoms with Gasteiger partial charge in [-0.1, -0.05) is 0 Å². The van der Waals surface area contributed by atoms with Gasteiger partial charge in [-0.05, 0) is 39.8 Å². The predicted molar refractivity (Wildman–Crippen MR) is 136 cm³/mol. The van der Waals surface area contributed by atoms with Gasteiger partial charge in [0, 0.05) is 0 Å². The van der Waals surface area contributed by atoms with Gasteiger partial charge in [-0.15, -0.1) is 0 Å². The lowest BCUT2D eigenvalue weighted by molar-refractivity contribution is -0.0879. The molecular formula is C23H28N5O14P. The molecule has 0 spiro atoms. The van der Waals surface area contributed by atoms with Crippen LogP contribution in [0, 0.1) is 11.3 Å². The van der Waals surface area contributed by atoms with Gasteiger partial charge in [0.1, 0.15) is 24.0 Å². The van der Waals surface area contributed by atoms with Gasteiger partial charge in [-0.3, -0.25) is 4.52 Å². The van der Waals surface area contributed by atoms with E-state index in [0.717, 1.165) is 6.33 Å². The van der Waals surface area contributed by atoms with Crippen molar-refractivity contribution in [2.24, 2.45) is 0 Å². The summed E-state index contributed by atoms with van der Waals surface area (Å²) in [6, 6.07) is 5.02. The number of carbonyl (C=O) groups is 3. The molecular weight excluding hydrogens is 601 g/mol. The zero-order valence-electron chi connectivity index (χ0n) is 23.3. The first kappa shape index (κ1) is 31.7. The Kier molecular flexibility index (Phi) is 9.57. The highest BCUT2D eigenvalue weighted by Crippen LogP contribution is 2.52. The van der Waals surface area contributed by atoms with Crippen LogP contribution in [0.2, 0.25) is 0 Å². The highest BCUT2D eigenvalue weighted by atomic mass is 31.2. The Balaban J connectivity index is 1.52. The normalized spacial score (nSPS) is 23.0. The van der Waals surface area contributed by atoms with Crippen LogP contribution in [0.15, 0.2) is 18.5 Å². The van der Waals surface area contributed by atoms with E-state index in [2.05, 4.69) is 10.1 Å². The van der Waals surface area contributed by atoms with Crippen LogP contribution in [0.1, 0.15) is 33.4 Å². The molecule has 4 rings (SSSR count). The van der Waals surface area contributed by atoms with E-state index in [4.69, 9.17) is 52.5 Å². The predicted octanol–water partition coefficient (Wildman–Crippen LogP) is 2.53. The number of rotatable bonds is 12. The Hall–Kier alpha value is -4.21. The molecule has 4 heterocycles. The first-order valence-corrected chi connectivity index (χ1v) is 14.1. The number of nitrogen functional groups attached to an aromatic ring is 1. The van der Waals surface area contributed by atoms with Crippen LogP contribution < -0.4 is 5.73 Å². The molecule has 43 heavy (non-hydrogen) atoms. The topological polar surface area (TPSA) is 241 Å². The molecule has 0 radical (unpaired) electrons. The lowest BCUT2D eigenvalue weighted by Crippen LogP contribution is -2.39. The van der Waals surface area contributed by atoms with Gasteiger partial charge in [0.15, 0.2) is 18.0 Å². The number of ether oxygens (including phenoxy) is 7. The molecule has 2 aromatic heterocycles. The van der Waals surface area contributed by atoms with Crippen molar-refractivity contribution in [2.45, 2.75) is 63.8 Å². The van der Waals surface area contributed by atoms with Gasteiger partial charge in [0.2, 0.25) is 19.2 Å². The summed E-state index contributed by atoms with van der Waals surface area (Å²) in [5, 5.41) is 14.4. The fourth-order valence-electron chi connectivity index (χ4n) is 4.05. The Bertz CT molecular complexity index is 1410. The molecule has 2 aliphatic heterocycles. The van der Waals surface area contributed by atoms with E-state index in [0.29, 0.717) is 5.52 Å². The molecule has 19 nitrogen and oxygen atoms in total. The van der Waals surface area contributed by atoms with Crippen molar-refractivity contribution < 1.29 is 65.7 Å². The summed E-state index contributed by atoms with van der Waals surface area (Å²) in [6.07, 6.45) is -7.10. The second-order valence-electron chi connectivity index (χ2n) is 9.39. The molecule has 4 atom stereocenters. The molecule has 0 unspecified atom stereocenters. The van der Waals surface area contributed by atoms with E-state index in [1.165, 1.54) is 16.6 Å². The minimum atomic E-state index is -4.71. The second-order valence-corrected chi connectivity index (χ2v) is 11.1. The van der Waals surface area contributed by atoms with E-state index >= 15 is 0 Å². The van der Waals surface area contributed by atoms with Crippen molar-refractivity contribution in [3.05, 3.63) is 24.2 Å². The van der Waals surface area contributed by atoms with Crippen LogP contribution in [-0.4, -0.2) is 83.8 Å². The number of anilines is 1. The third kappa shape index (κ3) is 7.06. The fraction of sp³-hybridized carbons (Fsp3) is 0.565. The first-order valence-electron chi connectivity index (χ1n) is 12.6. The maximum atomic E-state index is 13.4. The number of nitriles is 1. The number of carbonyl (C=O) groups excluding carboxylic acids is 3. The van der Waals surface area contributed by atoms with Gasteiger partial charge >= 0.3 is 26.3 Å². The smallest absolute Gasteiger partial charge is 0.432 e. The molecule has 234 valence electrons. The number of aromatic nitrogens is 3. The number of phosphoric acid groups is 1. The van der Waals surface area contributed by atoms with Crippen LogP contribution >= 0.6 is 7.82 Å². The van der Waals surface area contributed by atoms with Crippen LogP contribution in [0.5, 0.6) is 0 Å². The maximum absolute atomic E-state index is 13.4. The van der Waals surface area contributed by atoms with Crippen molar-refractivity contribution in [3.8, 4) is 6.07 Å². The Morgan fingerprint density at radius 2 is 1.72 bits per heavy atom. The van der Waals surface area contributed by atoms with Gasteiger partial charge in [0.05, 0.1) is 24.5 Å². The molecule has 0 saturated carbocycles. The summed E-state index contributed by atoms with van der Waals surface area (Å²) >= 11 is 0. The molecule has 2 aliphatic rings. The number of fused-ring (bicyclic) bond motifs is 2. The van der Waals surface area contributed by atoms with Crippen molar-refractivity contribution in [1.82, 2.24) is 14.6 Å². The number of nitrogens with two attached hydrogens (primary N) is 1. The molecule has 20 heteroatoms. The molecule has 0 bridgehead atoms. The summed E-state index contributed by atoms with van der Waals surface area (Å²) in [4.78, 5) is 39.4. The number of nitrogens with zero attached hydrogens (tertiary/aromatic N) is 4. The molecule has 2 aromatic rings. The summed E-state index contributed by atoms with van der Waals surface area (Å²) in [5.41, 5.74) is 4.38. The lowest BCUT2D eigenvalue weighted by Gasteiger charge is -2.25. The Labute approximate surface area is 243 Å². The maximum Gasteiger partial charge on any atom is 0.510 e. The third-order valence-electron chi connectivity index (χ3n) is 5.72. The molecule has 2 saturated heterocycles. The van der Waals surface area contributed by atoms with Crippen molar-refractivity contribution in [3.63, 3.8) is 0 Å². The zero-order chi connectivity index (χ0) is 31.4. The molecule has 0 aliphatic carbocycles. The van der Waals surface area contributed by atoms with E-state index in [1.54, 1.807) is 27.7 Å². The summed E-state index contributed by atoms with van der Waals surface area (Å²) in [7, 11) is -4.71. The van der Waals surface area contributed by atoms with Crippen LogP contribution in [-0.2, 0) is 56.9 Å². The number of hydrogen-bond donors (Lipinski definition) is 1. The minimum Gasteiger partial charge on any atom is -0.432 e. The molecule has 2 N–H and O–H groups in total. The molecule has 2 fully saturated rings. The average molecular weight is 629 g/mol. The second kappa shape index (κ2) is 13.0. The van der Waals surface area contributed by atoms with Crippen molar-refractivity contribution in [1.29, 1.82) is 5.26 Å². The van der Waals surface area contributed by atoms with E-state index in [9.17, 15) is 24.2 Å². The van der Waals surface area contributed by atoms with E-state index in [1.807, 2.05) is 6.07 Å². The first-order chi connectivity index (χ1) is 20.4. The minimum absolute atomic E-state index is 0.109. The Morgan fingerprint density at radius 3 is 2.30 bits per heavy atom. The molecule has 0 amide bonds. The fourth-order valence-corrected chi connectivity index (χ4v) is 4.97. The van der Waals surface area contributed by atoms with Crippen LogP contribution in [0.25, 0.3) is 5.52 Å². The summed E-state index contributed by atoms with van der Waals surface area (Å²) < 4.78 is 65.6. The molecule has 0 aromatic carbocycles. The Morgan fingerprint density at radius 1 is 1.09 bits per heavy atom. The SMILES string of the molecule is CC(C)OC(=O)OCOP(=O)(OCOC(=O)OC(C)C)OC[C@H]1O[C@@](C#N)(c2ccc3c(N)ncnn23)[C@@H]2OC(=O)O[C@@H]21. The summed E-state index contributed by atoms with van der Waals surface area (Å²) in [5.74, 6) is 0.109. The zero-order valence-corrected chi connectivity index (χ0v) is 24.2. The van der Waals surface area contributed by atoms with E-state index in [-0.39, 0.29) is 11.5 Å². The van der Waals surface area contributed by atoms with Crippen molar-refractivity contribution in [2.75, 3.05) is 25.9 Å². The lowest BCUT2D eigenvalue weighted by atomic mass is 9.92. The van der Waals surface area contributed by atoms with Crippen LogP contribution in [0.3, 0.4) is 0 Å². The van der Waals surface area contributed by atoms with Crippen molar-refractivity contribution >= 4 is 37.6 Å². The van der Waals surface area contributed by atoms with Gasteiger partial charge in [0.25, 0.3) is 0 Å². The quantitative estimate of drug-likeness (QED) is 0.153. The number of hydrogen-bond acceptors (Lipinski definition) is 18. The summed E-state index contributed by atoms with van der Waals surface area (Å²) in [6.45, 7) is 3.67.